The Kier molecular flexibility index (Phi) is 2.73. The summed E-state index contributed by atoms with van der Waals surface area (Å²) < 4.78 is 2.10. The molecule has 0 spiro atoms. The van der Waals surface area contributed by atoms with E-state index in [1.165, 1.54) is 5.56 Å². The molecule has 0 aliphatic heterocycles. The summed E-state index contributed by atoms with van der Waals surface area (Å²) in [7, 11) is 0. The molecular weight excluding hydrogens is 240 g/mol. The summed E-state index contributed by atoms with van der Waals surface area (Å²) in [6, 6.07) is 13.8. The van der Waals surface area contributed by atoms with Gasteiger partial charge in [0.1, 0.15) is 0 Å². The molecule has 0 bridgehead atoms. The Hall–Kier alpha value is -1.93. The van der Waals surface area contributed by atoms with Gasteiger partial charge in [0.05, 0.1) is 0 Å². The molecule has 1 aromatic heterocycles. The molecule has 3 rings (SSSR count). The Morgan fingerprint density at radius 1 is 1.06 bits per heavy atom. The van der Waals surface area contributed by atoms with E-state index in [1.54, 1.807) is 11.3 Å². The van der Waals surface area contributed by atoms with Gasteiger partial charge in [-0.3, -0.25) is 4.79 Å². The minimum atomic E-state index is 0.129. The molecule has 2 aromatic carbocycles. The number of allylic oxidation sites excluding steroid dienone is 1. The quantitative estimate of drug-likeness (QED) is 0.495. The largest absolute Gasteiger partial charge is 0.289 e. The molecular formula is C16H12OS. The van der Waals surface area contributed by atoms with Crippen molar-refractivity contribution >= 4 is 31.5 Å². The van der Waals surface area contributed by atoms with Crippen LogP contribution in [0, 0.1) is 0 Å². The van der Waals surface area contributed by atoms with E-state index in [-0.39, 0.29) is 5.43 Å². The first kappa shape index (κ1) is 11.2. The molecule has 0 unspecified atom stereocenters. The van der Waals surface area contributed by atoms with Crippen molar-refractivity contribution in [3.05, 3.63) is 70.9 Å². The standard InChI is InChI=1S/C16H12OS/c1-2-5-11-8-9-13-15(10-11)18-14-7-4-3-6-12(14)16(13)17/h2-4,6-10H,1,5H2. The highest BCUT2D eigenvalue weighted by molar-refractivity contribution is 7.24. The first-order valence-corrected chi connectivity index (χ1v) is 6.66. The zero-order valence-corrected chi connectivity index (χ0v) is 10.7. The molecule has 0 saturated carbocycles. The number of benzene rings is 2. The van der Waals surface area contributed by atoms with Gasteiger partial charge in [-0.25, -0.2) is 0 Å². The van der Waals surface area contributed by atoms with E-state index >= 15 is 0 Å². The molecule has 0 fully saturated rings. The molecule has 0 saturated heterocycles. The molecule has 88 valence electrons. The second-order valence-corrected chi connectivity index (χ2v) is 5.33. The minimum absolute atomic E-state index is 0.129. The van der Waals surface area contributed by atoms with Crippen molar-refractivity contribution in [3.8, 4) is 0 Å². The van der Waals surface area contributed by atoms with Crippen LogP contribution in [-0.2, 0) is 6.42 Å². The summed E-state index contributed by atoms with van der Waals surface area (Å²) in [4.78, 5) is 12.3. The third-order valence-corrected chi connectivity index (χ3v) is 4.16. The maximum atomic E-state index is 12.3. The first-order valence-electron chi connectivity index (χ1n) is 5.85. The third-order valence-electron chi connectivity index (χ3n) is 3.02. The molecule has 0 amide bonds. The molecule has 0 N–H and O–H groups in total. The zero-order valence-electron chi connectivity index (χ0n) is 9.85. The lowest BCUT2D eigenvalue weighted by molar-refractivity contribution is 1.29. The lowest BCUT2D eigenvalue weighted by Crippen LogP contribution is -2.00. The van der Waals surface area contributed by atoms with Crippen LogP contribution in [-0.4, -0.2) is 0 Å². The van der Waals surface area contributed by atoms with Crippen LogP contribution in [0.4, 0.5) is 0 Å². The summed E-state index contributed by atoms with van der Waals surface area (Å²) in [5.74, 6) is 0. The van der Waals surface area contributed by atoms with Crippen molar-refractivity contribution < 1.29 is 0 Å². The molecule has 0 aliphatic rings. The van der Waals surface area contributed by atoms with Crippen LogP contribution in [0.1, 0.15) is 5.56 Å². The van der Waals surface area contributed by atoms with Gasteiger partial charge in [-0.1, -0.05) is 24.3 Å². The second-order valence-electron chi connectivity index (χ2n) is 4.25. The van der Waals surface area contributed by atoms with Crippen LogP contribution in [0.5, 0.6) is 0 Å². The number of rotatable bonds is 2. The van der Waals surface area contributed by atoms with E-state index in [1.807, 2.05) is 42.5 Å². The van der Waals surface area contributed by atoms with Crippen LogP contribution in [0.15, 0.2) is 59.9 Å². The summed E-state index contributed by atoms with van der Waals surface area (Å²) in [5.41, 5.74) is 1.33. The van der Waals surface area contributed by atoms with Gasteiger partial charge in [0.15, 0.2) is 5.43 Å². The van der Waals surface area contributed by atoms with Crippen molar-refractivity contribution in [1.82, 2.24) is 0 Å². The van der Waals surface area contributed by atoms with Gasteiger partial charge >= 0.3 is 0 Å². The number of hydrogen-bond donors (Lipinski definition) is 0. The highest BCUT2D eigenvalue weighted by atomic mass is 32.1. The number of hydrogen-bond acceptors (Lipinski definition) is 2. The summed E-state index contributed by atoms with van der Waals surface area (Å²) in [6.45, 7) is 3.75. The lowest BCUT2D eigenvalue weighted by atomic mass is 10.1. The Morgan fingerprint density at radius 3 is 2.67 bits per heavy atom. The van der Waals surface area contributed by atoms with E-state index in [0.717, 1.165) is 26.6 Å². The van der Waals surface area contributed by atoms with Crippen molar-refractivity contribution in [2.75, 3.05) is 0 Å². The van der Waals surface area contributed by atoms with Gasteiger partial charge < -0.3 is 0 Å². The van der Waals surface area contributed by atoms with Crippen LogP contribution in [0.3, 0.4) is 0 Å². The maximum absolute atomic E-state index is 12.3. The van der Waals surface area contributed by atoms with E-state index in [0.29, 0.717) is 0 Å². The molecule has 0 atom stereocenters. The van der Waals surface area contributed by atoms with E-state index in [2.05, 4.69) is 12.6 Å². The van der Waals surface area contributed by atoms with Crippen LogP contribution in [0.25, 0.3) is 20.2 Å². The lowest BCUT2D eigenvalue weighted by Gasteiger charge is -2.02. The van der Waals surface area contributed by atoms with Gasteiger partial charge in [0, 0.05) is 20.2 Å². The second kappa shape index (κ2) is 4.39. The van der Waals surface area contributed by atoms with Gasteiger partial charge in [0.2, 0.25) is 0 Å². The van der Waals surface area contributed by atoms with Crippen molar-refractivity contribution in [3.63, 3.8) is 0 Å². The SMILES string of the molecule is C=CCc1ccc2c(=O)c3ccccc3sc2c1. The fourth-order valence-corrected chi connectivity index (χ4v) is 3.27. The Labute approximate surface area is 109 Å². The average Bonchev–Trinajstić information content (AvgIpc) is 2.39. The average molecular weight is 252 g/mol. The molecule has 2 heteroatoms. The topological polar surface area (TPSA) is 17.1 Å². The molecule has 1 heterocycles. The predicted molar refractivity (Wildman–Crippen MR) is 79.5 cm³/mol. The van der Waals surface area contributed by atoms with Gasteiger partial charge in [0.25, 0.3) is 0 Å². The van der Waals surface area contributed by atoms with E-state index in [4.69, 9.17) is 0 Å². The molecule has 0 aliphatic carbocycles. The Bertz CT molecular complexity index is 799. The number of fused-ring (bicyclic) bond motifs is 2. The molecule has 3 aromatic rings. The van der Waals surface area contributed by atoms with Crippen LogP contribution < -0.4 is 5.43 Å². The molecule has 18 heavy (non-hydrogen) atoms. The fraction of sp³-hybridized carbons (Fsp3) is 0.0625. The minimum Gasteiger partial charge on any atom is -0.289 e. The normalized spacial score (nSPS) is 10.9. The highest BCUT2D eigenvalue weighted by Crippen LogP contribution is 2.25. The smallest absolute Gasteiger partial charge is 0.195 e. The monoisotopic (exact) mass is 252 g/mol. The van der Waals surface area contributed by atoms with Crippen molar-refractivity contribution in [2.24, 2.45) is 0 Å². The summed E-state index contributed by atoms with van der Waals surface area (Å²) in [5, 5.41) is 1.62. The Balaban J connectivity index is 2.40. The highest BCUT2D eigenvalue weighted by Gasteiger charge is 2.05. The molecule has 1 nitrogen and oxygen atoms in total. The Morgan fingerprint density at radius 2 is 1.83 bits per heavy atom. The summed E-state index contributed by atoms with van der Waals surface area (Å²) >= 11 is 1.67. The van der Waals surface area contributed by atoms with Crippen molar-refractivity contribution in [1.29, 1.82) is 0 Å². The van der Waals surface area contributed by atoms with Crippen molar-refractivity contribution in [2.45, 2.75) is 6.42 Å². The molecule has 0 radical (unpaired) electrons. The van der Waals surface area contributed by atoms with E-state index < -0.39 is 0 Å². The van der Waals surface area contributed by atoms with Gasteiger partial charge in [-0.05, 0) is 36.2 Å². The first-order chi connectivity index (χ1) is 8.79. The predicted octanol–water partition coefficient (Wildman–Crippen LogP) is 4.14. The maximum Gasteiger partial charge on any atom is 0.195 e. The van der Waals surface area contributed by atoms with E-state index in [9.17, 15) is 4.79 Å². The summed E-state index contributed by atoms with van der Waals surface area (Å²) in [6.07, 6.45) is 2.72. The zero-order chi connectivity index (χ0) is 12.5. The van der Waals surface area contributed by atoms with Crippen LogP contribution >= 0.6 is 11.3 Å². The van der Waals surface area contributed by atoms with Gasteiger partial charge in [-0.2, -0.15) is 0 Å². The van der Waals surface area contributed by atoms with Gasteiger partial charge in [-0.15, -0.1) is 17.9 Å². The van der Waals surface area contributed by atoms with Crippen LogP contribution in [0.2, 0.25) is 0 Å². The third kappa shape index (κ3) is 1.75. The fourth-order valence-electron chi connectivity index (χ4n) is 2.14.